The van der Waals surface area contributed by atoms with Gasteiger partial charge in [0, 0.05) is 0 Å². The average Bonchev–Trinajstić information content (AvgIpc) is 3.08. The van der Waals surface area contributed by atoms with Gasteiger partial charge in [0.15, 0.2) is 0 Å². The van der Waals surface area contributed by atoms with Gasteiger partial charge < -0.3 is 10.6 Å². The second-order valence-corrected chi connectivity index (χ2v) is 4.55. The lowest BCUT2D eigenvalue weighted by Crippen LogP contribution is -2.29. The molecular weight excluding hydrogens is 219 g/mol. The molecular formula is C13H17FN2O. The van der Waals surface area contributed by atoms with Crippen LogP contribution in [0.3, 0.4) is 0 Å². The molecule has 1 aliphatic carbocycles. The minimum Gasteiger partial charge on any atom is -0.322 e. The number of amides is 1. The smallest absolute Gasteiger partial charge is 0.238 e. The summed E-state index contributed by atoms with van der Waals surface area (Å²) in [6.45, 7) is 2.89. The van der Waals surface area contributed by atoms with Crippen molar-refractivity contribution in [1.29, 1.82) is 0 Å². The van der Waals surface area contributed by atoms with Crippen LogP contribution in [0.25, 0.3) is 0 Å². The Morgan fingerprint density at radius 2 is 2.24 bits per heavy atom. The topological polar surface area (TPSA) is 41.1 Å². The lowest BCUT2D eigenvalue weighted by Gasteiger charge is -2.09. The van der Waals surface area contributed by atoms with Crippen molar-refractivity contribution < 1.29 is 9.18 Å². The zero-order valence-electron chi connectivity index (χ0n) is 9.92. The normalized spacial score (nSPS) is 14.7. The van der Waals surface area contributed by atoms with Crippen LogP contribution in [0.2, 0.25) is 0 Å². The van der Waals surface area contributed by atoms with Crippen molar-refractivity contribution >= 4 is 11.6 Å². The Morgan fingerprint density at radius 3 is 2.88 bits per heavy atom. The second kappa shape index (κ2) is 5.27. The molecule has 0 bridgehead atoms. The van der Waals surface area contributed by atoms with Crippen LogP contribution in [-0.2, 0) is 4.79 Å². The largest absolute Gasteiger partial charge is 0.322 e. The maximum absolute atomic E-state index is 13.4. The van der Waals surface area contributed by atoms with Gasteiger partial charge in [-0.05, 0) is 43.9 Å². The molecule has 0 heterocycles. The zero-order chi connectivity index (χ0) is 12.3. The van der Waals surface area contributed by atoms with Gasteiger partial charge in [-0.1, -0.05) is 12.1 Å². The van der Waals surface area contributed by atoms with E-state index < -0.39 is 0 Å². The molecule has 2 rings (SSSR count). The van der Waals surface area contributed by atoms with Crippen LogP contribution in [0.1, 0.15) is 18.4 Å². The molecule has 4 heteroatoms. The van der Waals surface area contributed by atoms with Crippen molar-refractivity contribution in [3.63, 3.8) is 0 Å². The molecule has 1 saturated carbocycles. The molecule has 0 radical (unpaired) electrons. The van der Waals surface area contributed by atoms with Crippen molar-refractivity contribution in [2.75, 3.05) is 18.4 Å². The van der Waals surface area contributed by atoms with E-state index in [2.05, 4.69) is 10.6 Å². The molecule has 2 N–H and O–H groups in total. The summed E-state index contributed by atoms with van der Waals surface area (Å²) >= 11 is 0. The molecule has 0 aromatic heterocycles. The second-order valence-electron chi connectivity index (χ2n) is 4.55. The summed E-state index contributed by atoms with van der Waals surface area (Å²) in [5.74, 6) is 0.150. The van der Waals surface area contributed by atoms with Crippen LogP contribution < -0.4 is 10.6 Å². The Labute approximate surface area is 100 Å². The molecule has 0 spiro atoms. The first-order valence-electron chi connectivity index (χ1n) is 5.92. The van der Waals surface area contributed by atoms with Crippen molar-refractivity contribution in [1.82, 2.24) is 5.32 Å². The summed E-state index contributed by atoms with van der Waals surface area (Å²) in [6, 6.07) is 4.75. The average molecular weight is 236 g/mol. The number of hydrogen-bond donors (Lipinski definition) is 2. The summed E-state index contributed by atoms with van der Waals surface area (Å²) in [6.07, 6.45) is 2.50. The molecule has 0 saturated heterocycles. The zero-order valence-corrected chi connectivity index (χ0v) is 9.92. The van der Waals surface area contributed by atoms with E-state index in [4.69, 9.17) is 0 Å². The molecule has 17 heavy (non-hydrogen) atoms. The molecule has 92 valence electrons. The molecule has 0 unspecified atom stereocenters. The van der Waals surface area contributed by atoms with Crippen LogP contribution in [-0.4, -0.2) is 19.0 Å². The minimum absolute atomic E-state index is 0.196. The van der Waals surface area contributed by atoms with Gasteiger partial charge >= 0.3 is 0 Å². The van der Waals surface area contributed by atoms with E-state index in [-0.39, 0.29) is 24.0 Å². The van der Waals surface area contributed by atoms with Crippen molar-refractivity contribution in [3.8, 4) is 0 Å². The quantitative estimate of drug-likeness (QED) is 0.821. The number of halogens is 1. The van der Waals surface area contributed by atoms with Gasteiger partial charge in [0.25, 0.3) is 0 Å². The Kier molecular flexibility index (Phi) is 3.74. The Hall–Kier alpha value is -1.42. The van der Waals surface area contributed by atoms with Crippen LogP contribution in [0.4, 0.5) is 10.1 Å². The SMILES string of the molecule is Cc1cccc(F)c1NC(=O)CNCC1CC1. The lowest BCUT2D eigenvalue weighted by atomic mass is 10.2. The Morgan fingerprint density at radius 1 is 1.47 bits per heavy atom. The minimum atomic E-state index is -0.388. The lowest BCUT2D eigenvalue weighted by molar-refractivity contribution is -0.115. The molecule has 1 fully saturated rings. The number of nitrogens with one attached hydrogen (secondary N) is 2. The first-order valence-corrected chi connectivity index (χ1v) is 5.92. The Bertz CT molecular complexity index is 396. The molecule has 0 atom stereocenters. The fourth-order valence-corrected chi connectivity index (χ4v) is 1.69. The summed E-state index contributed by atoms with van der Waals surface area (Å²) in [5, 5.41) is 5.67. The van der Waals surface area contributed by atoms with Crippen molar-refractivity contribution in [2.45, 2.75) is 19.8 Å². The maximum atomic E-state index is 13.4. The third-order valence-corrected chi connectivity index (χ3v) is 2.90. The predicted molar refractivity (Wildman–Crippen MR) is 65.4 cm³/mol. The molecule has 1 aliphatic rings. The number of benzene rings is 1. The van der Waals surface area contributed by atoms with Crippen LogP contribution in [0.15, 0.2) is 18.2 Å². The van der Waals surface area contributed by atoms with Crippen LogP contribution >= 0.6 is 0 Å². The summed E-state index contributed by atoms with van der Waals surface area (Å²) in [4.78, 5) is 11.6. The third kappa shape index (κ3) is 3.53. The van der Waals surface area contributed by atoms with Gasteiger partial charge in [0.2, 0.25) is 5.91 Å². The molecule has 3 nitrogen and oxygen atoms in total. The molecule has 1 amide bonds. The molecule has 1 aromatic carbocycles. The fraction of sp³-hybridized carbons (Fsp3) is 0.462. The van der Waals surface area contributed by atoms with Gasteiger partial charge in [0.1, 0.15) is 5.82 Å². The first kappa shape index (κ1) is 12.0. The van der Waals surface area contributed by atoms with E-state index in [0.717, 1.165) is 18.0 Å². The standard InChI is InChI=1S/C13H17FN2O/c1-9-3-2-4-11(14)13(9)16-12(17)8-15-7-10-5-6-10/h2-4,10,15H,5-8H2,1H3,(H,16,17). The maximum Gasteiger partial charge on any atom is 0.238 e. The highest BCUT2D eigenvalue weighted by Crippen LogP contribution is 2.27. The van der Waals surface area contributed by atoms with E-state index in [1.165, 1.54) is 18.9 Å². The highest BCUT2D eigenvalue weighted by Gasteiger charge is 2.20. The fourth-order valence-electron chi connectivity index (χ4n) is 1.69. The van der Waals surface area contributed by atoms with Gasteiger partial charge in [-0.15, -0.1) is 0 Å². The van der Waals surface area contributed by atoms with Gasteiger partial charge in [-0.25, -0.2) is 4.39 Å². The number of anilines is 1. The number of rotatable bonds is 5. The van der Waals surface area contributed by atoms with E-state index in [1.807, 2.05) is 0 Å². The Balaban J connectivity index is 1.84. The van der Waals surface area contributed by atoms with E-state index in [1.54, 1.807) is 19.1 Å². The van der Waals surface area contributed by atoms with Crippen molar-refractivity contribution in [3.05, 3.63) is 29.6 Å². The predicted octanol–water partition coefficient (Wildman–Crippen LogP) is 2.07. The van der Waals surface area contributed by atoms with Crippen LogP contribution in [0, 0.1) is 18.7 Å². The number of aryl methyl sites for hydroxylation is 1. The number of carbonyl (C=O) groups is 1. The first-order chi connectivity index (χ1) is 8.16. The van der Waals surface area contributed by atoms with Gasteiger partial charge in [-0.3, -0.25) is 4.79 Å². The van der Waals surface area contributed by atoms with E-state index in [9.17, 15) is 9.18 Å². The van der Waals surface area contributed by atoms with Gasteiger partial charge in [-0.2, -0.15) is 0 Å². The highest BCUT2D eigenvalue weighted by molar-refractivity contribution is 5.93. The van der Waals surface area contributed by atoms with Crippen LogP contribution in [0.5, 0.6) is 0 Å². The number of carbonyl (C=O) groups excluding carboxylic acids is 1. The number of para-hydroxylation sites is 1. The molecule has 1 aromatic rings. The highest BCUT2D eigenvalue weighted by atomic mass is 19.1. The summed E-state index contributed by atoms with van der Waals surface area (Å²) in [7, 11) is 0. The number of hydrogen-bond acceptors (Lipinski definition) is 2. The van der Waals surface area contributed by atoms with E-state index >= 15 is 0 Å². The monoisotopic (exact) mass is 236 g/mol. The third-order valence-electron chi connectivity index (χ3n) is 2.90. The summed E-state index contributed by atoms with van der Waals surface area (Å²) < 4.78 is 13.4. The summed E-state index contributed by atoms with van der Waals surface area (Å²) in [5.41, 5.74) is 1.02. The van der Waals surface area contributed by atoms with Gasteiger partial charge in [0.05, 0.1) is 12.2 Å². The van der Waals surface area contributed by atoms with E-state index in [0.29, 0.717) is 0 Å². The van der Waals surface area contributed by atoms with Crippen molar-refractivity contribution in [2.24, 2.45) is 5.92 Å². The molecule has 0 aliphatic heterocycles.